The number of allylic oxidation sites excluding steroid dienone is 1. The summed E-state index contributed by atoms with van der Waals surface area (Å²) >= 11 is 0. The highest BCUT2D eigenvalue weighted by Gasteiger charge is 2.44. The summed E-state index contributed by atoms with van der Waals surface area (Å²) in [7, 11) is 0. The van der Waals surface area contributed by atoms with Crippen molar-refractivity contribution in [2.45, 2.75) is 32.7 Å². The number of rotatable bonds is 6. The molecule has 0 saturated heterocycles. The van der Waals surface area contributed by atoms with E-state index in [0.717, 1.165) is 0 Å². The number of benzene rings is 1. The van der Waals surface area contributed by atoms with Gasteiger partial charge in [-0.3, -0.25) is 19.9 Å². The van der Waals surface area contributed by atoms with Gasteiger partial charge >= 0.3 is 11.9 Å². The zero-order valence-electron chi connectivity index (χ0n) is 14.8. The third kappa shape index (κ3) is 4.33. The van der Waals surface area contributed by atoms with Gasteiger partial charge in [0.1, 0.15) is 13.2 Å². The Morgan fingerprint density at radius 1 is 1.15 bits per heavy atom. The first-order chi connectivity index (χ1) is 12.3. The van der Waals surface area contributed by atoms with Crippen LogP contribution >= 0.6 is 0 Å². The molecule has 1 heterocycles. The van der Waals surface area contributed by atoms with Crippen LogP contribution in [0.3, 0.4) is 0 Å². The van der Waals surface area contributed by atoms with Gasteiger partial charge in [0.05, 0.1) is 17.2 Å². The number of nitro groups is 1. The highest BCUT2D eigenvalue weighted by atomic mass is 16.6. The molecule has 2 unspecified atom stereocenters. The number of aliphatic imine (C=N–C) groups is 1. The molecule has 0 aliphatic carbocycles. The van der Waals surface area contributed by atoms with Crippen LogP contribution in [0.4, 0.5) is 0 Å². The molecular weight excluding hydrogens is 340 g/mol. The summed E-state index contributed by atoms with van der Waals surface area (Å²) < 4.78 is 9.88. The molecule has 2 rings (SSSR count). The lowest BCUT2D eigenvalue weighted by Gasteiger charge is -2.27. The van der Waals surface area contributed by atoms with Crippen LogP contribution in [0.15, 0.2) is 46.6 Å². The second-order valence-corrected chi connectivity index (χ2v) is 5.85. The first-order valence-corrected chi connectivity index (χ1v) is 8.07. The normalized spacial score (nSPS) is 19.6. The van der Waals surface area contributed by atoms with Gasteiger partial charge in [0, 0.05) is 17.5 Å². The third-order valence-electron chi connectivity index (χ3n) is 4.02. The summed E-state index contributed by atoms with van der Waals surface area (Å²) in [6, 6.07) is 7.62. The standard InChI is InChI=1S/C18H20N2O6/c1-11-15(18(22)26-10-9-25-13(3)21)16(14-7-5-4-6-8-14)17(20(23)24)12(2)19-11/h4-8,16-17H,9-10H2,1-3H3. The molecule has 2 atom stereocenters. The van der Waals surface area contributed by atoms with Crippen molar-refractivity contribution in [2.24, 2.45) is 4.99 Å². The van der Waals surface area contributed by atoms with Crippen LogP contribution < -0.4 is 0 Å². The number of ether oxygens (including phenoxy) is 2. The van der Waals surface area contributed by atoms with Crippen molar-refractivity contribution in [2.75, 3.05) is 13.2 Å². The molecule has 8 nitrogen and oxygen atoms in total. The Hall–Kier alpha value is -3.03. The average Bonchev–Trinajstić information content (AvgIpc) is 2.58. The fourth-order valence-electron chi connectivity index (χ4n) is 2.97. The van der Waals surface area contributed by atoms with Crippen LogP contribution in [0.5, 0.6) is 0 Å². The third-order valence-corrected chi connectivity index (χ3v) is 4.02. The first-order valence-electron chi connectivity index (χ1n) is 8.07. The molecule has 8 heteroatoms. The minimum Gasteiger partial charge on any atom is -0.462 e. The maximum Gasteiger partial charge on any atom is 0.336 e. The van der Waals surface area contributed by atoms with E-state index >= 15 is 0 Å². The van der Waals surface area contributed by atoms with Crippen LogP contribution in [0, 0.1) is 10.1 Å². The van der Waals surface area contributed by atoms with E-state index in [1.54, 1.807) is 44.2 Å². The van der Waals surface area contributed by atoms with Gasteiger partial charge in [-0.25, -0.2) is 4.79 Å². The molecule has 0 fully saturated rings. The van der Waals surface area contributed by atoms with Crippen LogP contribution in [0.2, 0.25) is 0 Å². The predicted octanol–water partition coefficient (Wildman–Crippen LogP) is 2.27. The summed E-state index contributed by atoms with van der Waals surface area (Å²) in [5.41, 5.74) is 1.49. The summed E-state index contributed by atoms with van der Waals surface area (Å²) in [6.45, 7) is 4.24. The van der Waals surface area contributed by atoms with Gasteiger partial charge < -0.3 is 9.47 Å². The molecule has 1 aliphatic rings. The van der Waals surface area contributed by atoms with Crippen molar-refractivity contribution in [1.29, 1.82) is 0 Å². The molecule has 1 aromatic rings. The number of nitrogens with zero attached hydrogens (tertiary/aromatic N) is 2. The summed E-state index contributed by atoms with van der Waals surface area (Å²) in [4.78, 5) is 38.8. The Labute approximate surface area is 150 Å². The predicted molar refractivity (Wildman–Crippen MR) is 93.4 cm³/mol. The van der Waals surface area contributed by atoms with Crippen LogP contribution in [0.25, 0.3) is 0 Å². The smallest absolute Gasteiger partial charge is 0.336 e. The van der Waals surface area contributed by atoms with Crippen LogP contribution in [-0.2, 0) is 19.1 Å². The lowest BCUT2D eigenvalue weighted by molar-refractivity contribution is -0.505. The second kappa shape index (κ2) is 8.37. The average molecular weight is 360 g/mol. The van der Waals surface area contributed by atoms with Crippen molar-refractivity contribution in [3.63, 3.8) is 0 Å². The molecular formula is C18H20N2O6. The maximum atomic E-state index is 12.6. The number of hydrogen-bond donors (Lipinski definition) is 0. The quantitative estimate of drug-likeness (QED) is 0.333. The topological polar surface area (TPSA) is 108 Å². The lowest BCUT2D eigenvalue weighted by atomic mass is 9.80. The van der Waals surface area contributed by atoms with E-state index < -0.39 is 28.8 Å². The Bertz CT molecular complexity index is 769. The molecule has 1 aromatic carbocycles. The largest absolute Gasteiger partial charge is 0.462 e. The number of esters is 2. The monoisotopic (exact) mass is 360 g/mol. The molecule has 138 valence electrons. The van der Waals surface area contributed by atoms with E-state index in [2.05, 4.69) is 4.99 Å². The zero-order valence-corrected chi connectivity index (χ0v) is 14.8. The molecule has 0 saturated carbocycles. The molecule has 26 heavy (non-hydrogen) atoms. The lowest BCUT2D eigenvalue weighted by Crippen LogP contribution is -2.40. The van der Waals surface area contributed by atoms with Gasteiger partial charge in [-0.15, -0.1) is 0 Å². The van der Waals surface area contributed by atoms with Crippen molar-refractivity contribution in [1.82, 2.24) is 0 Å². The van der Waals surface area contributed by atoms with Crippen molar-refractivity contribution in [3.05, 3.63) is 57.3 Å². The Morgan fingerprint density at radius 3 is 2.35 bits per heavy atom. The van der Waals surface area contributed by atoms with E-state index in [-0.39, 0.29) is 18.8 Å². The Kier molecular flexibility index (Phi) is 6.21. The highest BCUT2D eigenvalue weighted by molar-refractivity contribution is 5.98. The van der Waals surface area contributed by atoms with Gasteiger partial charge in [-0.1, -0.05) is 30.3 Å². The second-order valence-electron chi connectivity index (χ2n) is 5.85. The minimum absolute atomic E-state index is 0.0790. The summed E-state index contributed by atoms with van der Waals surface area (Å²) in [5.74, 6) is -1.98. The molecule has 0 spiro atoms. The fourth-order valence-corrected chi connectivity index (χ4v) is 2.97. The molecule has 0 bridgehead atoms. The molecule has 0 amide bonds. The SMILES string of the molecule is CC(=O)OCCOC(=O)C1=C(C)N=C(C)C([N+](=O)[O-])C1c1ccccc1. The highest BCUT2D eigenvalue weighted by Crippen LogP contribution is 2.36. The van der Waals surface area contributed by atoms with Crippen molar-refractivity contribution >= 4 is 17.7 Å². The van der Waals surface area contributed by atoms with E-state index in [1.165, 1.54) is 6.92 Å². The molecule has 0 aromatic heterocycles. The number of hydrogen-bond acceptors (Lipinski definition) is 7. The van der Waals surface area contributed by atoms with Crippen LogP contribution in [0.1, 0.15) is 32.3 Å². The van der Waals surface area contributed by atoms with Gasteiger partial charge in [-0.05, 0) is 19.4 Å². The molecule has 0 N–H and O–H groups in total. The maximum absolute atomic E-state index is 12.6. The van der Waals surface area contributed by atoms with Crippen molar-refractivity contribution in [3.8, 4) is 0 Å². The Morgan fingerprint density at radius 2 is 1.77 bits per heavy atom. The van der Waals surface area contributed by atoms with Gasteiger partial charge in [0.25, 0.3) is 6.04 Å². The minimum atomic E-state index is -1.16. The number of carbonyl (C=O) groups excluding carboxylic acids is 2. The van der Waals surface area contributed by atoms with Gasteiger partial charge in [-0.2, -0.15) is 0 Å². The number of carbonyl (C=O) groups is 2. The first kappa shape index (κ1) is 19.3. The summed E-state index contributed by atoms with van der Waals surface area (Å²) in [5, 5.41) is 11.7. The van der Waals surface area contributed by atoms with Crippen molar-refractivity contribution < 1.29 is 24.0 Å². The van der Waals surface area contributed by atoms with E-state index in [9.17, 15) is 19.7 Å². The Balaban J connectivity index is 2.35. The van der Waals surface area contributed by atoms with Crippen LogP contribution in [-0.4, -0.2) is 41.8 Å². The fraction of sp³-hybridized carbons (Fsp3) is 0.389. The van der Waals surface area contributed by atoms with Gasteiger partial charge in [0.2, 0.25) is 0 Å². The zero-order chi connectivity index (χ0) is 19.3. The molecule has 1 aliphatic heterocycles. The van der Waals surface area contributed by atoms with E-state index in [4.69, 9.17) is 9.47 Å². The van der Waals surface area contributed by atoms with E-state index in [1.807, 2.05) is 0 Å². The van der Waals surface area contributed by atoms with Gasteiger partial charge in [0.15, 0.2) is 0 Å². The molecule has 0 radical (unpaired) electrons. The summed E-state index contributed by atoms with van der Waals surface area (Å²) in [6.07, 6.45) is 0. The van der Waals surface area contributed by atoms with E-state index in [0.29, 0.717) is 17.0 Å².